The number of nitriles is 1. The molecule has 0 saturated heterocycles. The Morgan fingerprint density at radius 3 is 2.55 bits per heavy atom. The van der Waals surface area contributed by atoms with Gasteiger partial charge in [-0.05, 0) is 74.4 Å². The maximum absolute atomic E-state index is 12.7. The zero-order chi connectivity index (χ0) is 28.8. The molecule has 1 atom stereocenters. The lowest BCUT2D eigenvalue weighted by Crippen LogP contribution is -2.42. The molecule has 4 aromatic rings. The molecule has 1 aromatic heterocycles. The number of nitrogens with zero attached hydrogens (tertiary/aromatic N) is 2. The van der Waals surface area contributed by atoms with Gasteiger partial charge < -0.3 is 20.3 Å². The number of carbonyl (C=O) groups is 1. The van der Waals surface area contributed by atoms with Gasteiger partial charge in [-0.3, -0.25) is 9.52 Å². The van der Waals surface area contributed by atoms with E-state index in [0.29, 0.717) is 23.5 Å². The van der Waals surface area contributed by atoms with Gasteiger partial charge in [0.1, 0.15) is 6.42 Å². The van der Waals surface area contributed by atoms with Crippen LogP contribution in [0.15, 0.2) is 90.0 Å². The van der Waals surface area contributed by atoms with Crippen molar-refractivity contribution in [3.8, 4) is 6.07 Å². The molecule has 1 amide bonds. The fourth-order valence-corrected chi connectivity index (χ4v) is 5.42. The van der Waals surface area contributed by atoms with E-state index in [2.05, 4.69) is 33.8 Å². The molecule has 10 heteroatoms. The zero-order valence-corrected chi connectivity index (χ0v) is 23.3. The van der Waals surface area contributed by atoms with E-state index < -0.39 is 16.1 Å². The topological polar surface area (TPSA) is 136 Å². The SMILES string of the molecule is CC(C)(CCn1ccc2cc(NC(=O)CC#N)ccc21)NC[C@@H](O)c1cccc(NS(=O)(=O)c2ccccc2)c1. The van der Waals surface area contributed by atoms with E-state index in [0.717, 1.165) is 23.9 Å². The predicted octanol–water partition coefficient (Wildman–Crippen LogP) is 4.79. The first-order chi connectivity index (χ1) is 19.1. The second kappa shape index (κ2) is 12.3. The number of carbonyl (C=O) groups excluding carboxylic acids is 1. The van der Waals surface area contributed by atoms with Crippen molar-refractivity contribution in [1.82, 2.24) is 9.88 Å². The molecule has 0 unspecified atom stereocenters. The number of aromatic nitrogens is 1. The Hall–Kier alpha value is -4.17. The lowest BCUT2D eigenvalue weighted by molar-refractivity contribution is -0.115. The number of sulfonamides is 1. The Bertz CT molecular complexity index is 1620. The van der Waals surface area contributed by atoms with Crippen molar-refractivity contribution in [2.75, 3.05) is 16.6 Å². The summed E-state index contributed by atoms with van der Waals surface area (Å²) >= 11 is 0. The van der Waals surface area contributed by atoms with Crippen LogP contribution in [0.25, 0.3) is 10.9 Å². The van der Waals surface area contributed by atoms with Crippen LogP contribution < -0.4 is 15.4 Å². The van der Waals surface area contributed by atoms with Crippen LogP contribution in [0.3, 0.4) is 0 Å². The molecule has 0 aliphatic carbocycles. The number of aliphatic hydroxyl groups excluding tert-OH is 1. The average Bonchev–Trinajstić information content (AvgIpc) is 3.33. The van der Waals surface area contributed by atoms with Gasteiger partial charge in [-0.25, -0.2) is 8.42 Å². The molecule has 0 aliphatic heterocycles. The summed E-state index contributed by atoms with van der Waals surface area (Å²) in [5.41, 5.74) is 2.37. The molecular weight excluding hydrogens is 526 g/mol. The van der Waals surface area contributed by atoms with Crippen LogP contribution in [-0.4, -0.2) is 36.1 Å². The van der Waals surface area contributed by atoms with Gasteiger partial charge in [-0.2, -0.15) is 5.26 Å². The Morgan fingerprint density at radius 1 is 1.02 bits per heavy atom. The highest BCUT2D eigenvalue weighted by molar-refractivity contribution is 7.92. The Kier molecular flexibility index (Phi) is 8.90. The molecule has 208 valence electrons. The number of β-amino-alcohol motifs (C(OH)–C–C–N with tert-alkyl or cyclic N) is 1. The van der Waals surface area contributed by atoms with Crippen molar-refractivity contribution < 1.29 is 18.3 Å². The third-order valence-corrected chi connectivity index (χ3v) is 8.02. The van der Waals surface area contributed by atoms with Gasteiger partial charge in [0, 0.05) is 47.1 Å². The van der Waals surface area contributed by atoms with Gasteiger partial charge in [-0.15, -0.1) is 0 Å². The summed E-state index contributed by atoms with van der Waals surface area (Å²) in [6.07, 6.45) is 1.76. The first-order valence-electron chi connectivity index (χ1n) is 12.9. The van der Waals surface area contributed by atoms with Gasteiger partial charge >= 0.3 is 0 Å². The third-order valence-electron chi connectivity index (χ3n) is 6.62. The van der Waals surface area contributed by atoms with E-state index in [1.54, 1.807) is 42.5 Å². The number of hydrogen-bond acceptors (Lipinski definition) is 6. The highest BCUT2D eigenvalue weighted by Crippen LogP contribution is 2.24. The van der Waals surface area contributed by atoms with Crippen LogP contribution in [0.1, 0.15) is 38.4 Å². The number of rotatable bonds is 12. The molecule has 0 saturated carbocycles. The van der Waals surface area contributed by atoms with Crippen molar-refractivity contribution in [2.24, 2.45) is 0 Å². The number of amides is 1. The average molecular weight is 560 g/mol. The fraction of sp³-hybridized carbons (Fsp3) is 0.267. The first kappa shape index (κ1) is 28.8. The number of nitrogens with one attached hydrogen (secondary N) is 3. The molecule has 0 spiro atoms. The maximum atomic E-state index is 12.7. The third kappa shape index (κ3) is 7.48. The largest absolute Gasteiger partial charge is 0.387 e. The van der Waals surface area contributed by atoms with E-state index >= 15 is 0 Å². The van der Waals surface area contributed by atoms with Crippen molar-refractivity contribution in [1.29, 1.82) is 5.26 Å². The standard InChI is InChI=1S/C30H33N5O4S/c1-30(2,15-18-35-17-14-22-19-24(11-12-27(22)35)33-29(37)13-16-31)32-21-28(36)23-7-6-8-25(20-23)34-40(38,39)26-9-4-3-5-10-26/h3-12,14,17,19-20,28,32,34,36H,13,15,18,21H2,1-2H3,(H,33,37)/t28-/m1/s1. The molecular formula is C30H33N5O4S. The molecule has 4 N–H and O–H groups in total. The first-order valence-corrected chi connectivity index (χ1v) is 14.4. The number of fused-ring (bicyclic) bond motifs is 1. The summed E-state index contributed by atoms with van der Waals surface area (Å²) in [6, 6.07) is 24.4. The highest BCUT2D eigenvalue weighted by atomic mass is 32.2. The molecule has 9 nitrogen and oxygen atoms in total. The number of benzene rings is 3. The van der Waals surface area contributed by atoms with E-state index in [-0.39, 0.29) is 22.8 Å². The summed E-state index contributed by atoms with van der Waals surface area (Å²) < 4.78 is 30.0. The number of aliphatic hydroxyl groups is 1. The summed E-state index contributed by atoms with van der Waals surface area (Å²) in [4.78, 5) is 11.9. The van der Waals surface area contributed by atoms with Crippen molar-refractivity contribution in [3.63, 3.8) is 0 Å². The number of hydrogen-bond donors (Lipinski definition) is 4. The second-order valence-corrected chi connectivity index (χ2v) is 11.9. The lowest BCUT2D eigenvalue weighted by atomic mass is 9.99. The summed E-state index contributed by atoms with van der Waals surface area (Å²) in [7, 11) is -3.73. The van der Waals surface area contributed by atoms with Gasteiger partial charge in [0.05, 0.1) is 17.1 Å². The maximum Gasteiger partial charge on any atom is 0.261 e. The van der Waals surface area contributed by atoms with E-state index in [1.807, 2.05) is 36.5 Å². The van der Waals surface area contributed by atoms with Crippen molar-refractivity contribution in [3.05, 3.63) is 90.6 Å². The van der Waals surface area contributed by atoms with Crippen LogP contribution in [0, 0.1) is 11.3 Å². The van der Waals surface area contributed by atoms with E-state index in [9.17, 15) is 18.3 Å². The lowest BCUT2D eigenvalue weighted by Gasteiger charge is -2.28. The second-order valence-electron chi connectivity index (χ2n) is 10.2. The Balaban J connectivity index is 1.33. The normalized spacial score (nSPS) is 12.6. The number of aryl methyl sites for hydroxylation is 1. The smallest absolute Gasteiger partial charge is 0.261 e. The zero-order valence-electron chi connectivity index (χ0n) is 22.5. The minimum absolute atomic E-state index is 0.169. The molecule has 40 heavy (non-hydrogen) atoms. The minimum Gasteiger partial charge on any atom is -0.387 e. The summed E-state index contributed by atoms with van der Waals surface area (Å²) in [5, 5.41) is 26.7. The van der Waals surface area contributed by atoms with Crippen LogP contribution in [-0.2, 0) is 21.4 Å². The Morgan fingerprint density at radius 2 is 1.80 bits per heavy atom. The van der Waals surface area contributed by atoms with Crippen LogP contribution >= 0.6 is 0 Å². The summed E-state index contributed by atoms with van der Waals surface area (Å²) in [6.45, 7) is 5.16. The van der Waals surface area contributed by atoms with Crippen LogP contribution in [0.2, 0.25) is 0 Å². The fourth-order valence-electron chi connectivity index (χ4n) is 4.35. The van der Waals surface area contributed by atoms with Gasteiger partial charge in [0.25, 0.3) is 10.0 Å². The predicted molar refractivity (Wildman–Crippen MR) is 156 cm³/mol. The quantitative estimate of drug-likeness (QED) is 0.197. The molecule has 0 aliphatic rings. The highest BCUT2D eigenvalue weighted by Gasteiger charge is 2.20. The van der Waals surface area contributed by atoms with E-state index in [1.165, 1.54) is 12.1 Å². The van der Waals surface area contributed by atoms with Crippen molar-refractivity contribution >= 4 is 38.2 Å². The molecule has 0 radical (unpaired) electrons. The molecule has 3 aromatic carbocycles. The number of anilines is 2. The summed E-state index contributed by atoms with van der Waals surface area (Å²) in [5.74, 6) is -0.337. The minimum atomic E-state index is -3.73. The molecule has 4 rings (SSSR count). The van der Waals surface area contributed by atoms with Crippen LogP contribution in [0.4, 0.5) is 11.4 Å². The molecule has 1 heterocycles. The monoisotopic (exact) mass is 559 g/mol. The van der Waals surface area contributed by atoms with Crippen LogP contribution in [0.5, 0.6) is 0 Å². The van der Waals surface area contributed by atoms with Crippen molar-refractivity contribution in [2.45, 2.75) is 49.8 Å². The molecule has 0 bridgehead atoms. The molecule has 0 fully saturated rings. The van der Waals surface area contributed by atoms with Gasteiger partial charge in [0.15, 0.2) is 0 Å². The van der Waals surface area contributed by atoms with Gasteiger partial charge in [-0.1, -0.05) is 30.3 Å². The van der Waals surface area contributed by atoms with E-state index in [4.69, 9.17) is 5.26 Å². The van der Waals surface area contributed by atoms with Gasteiger partial charge in [0.2, 0.25) is 5.91 Å². The Labute approximate surface area is 234 Å².